The van der Waals surface area contributed by atoms with Gasteiger partial charge in [0.2, 0.25) is 11.8 Å². The third-order valence-corrected chi connectivity index (χ3v) is 0.601. The molecule has 0 aromatic carbocycles. The van der Waals surface area contributed by atoms with Crippen molar-refractivity contribution in [1.29, 1.82) is 0 Å². The highest BCUT2D eigenvalue weighted by atomic mass is 16.1. The molecule has 0 radical (unpaired) electrons. The first-order chi connectivity index (χ1) is 4.13. The van der Waals surface area contributed by atoms with Gasteiger partial charge in [-0.3, -0.25) is 9.59 Å². The third-order valence-electron chi connectivity index (χ3n) is 0.601. The van der Waals surface area contributed by atoms with E-state index in [1.807, 2.05) is 0 Å². The van der Waals surface area contributed by atoms with Gasteiger partial charge in [-0.25, -0.2) is 0 Å². The Balaban J connectivity index is 3.48. The Morgan fingerprint density at radius 1 is 1.33 bits per heavy atom. The van der Waals surface area contributed by atoms with Crippen molar-refractivity contribution in [3.8, 4) is 0 Å². The van der Waals surface area contributed by atoms with Crippen molar-refractivity contribution < 1.29 is 9.59 Å². The monoisotopic (exact) mass is 128 g/mol. The lowest BCUT2D eigenvalue weighted by molar-refractivity contribution is -0.117. The molecule has 0 unspecified atom stereocenters. The Morgan fingerprint density at radius 2 is 1.89 bits per heavy atom. The van der Waals surface area contributed by atoms with Gasteiger partial charge in [0.15, 0.2) is 0 Å². The summed E-state index contributed by atoms with van der Waals surface area (Å²) >= 11 is 0. The van der Waals surface area contributed by atoms with Crippen LogP contribution in [-0.4, -0.2) is 11.8 Å². The largest absolute Gasteiger partial charge is 0.369 e. The van der Waals surface area contributed by atoms with Gasteiger partial charge in [-0.15, -0.1) is 0 Å². The molecule has 4 heteroatoms. The van der Waals surface area contributed by atoms with E-state index in [9.17, 15) is 9.59 Å². The zero-order chi connectivity index (χ0) is 7.28. The van der Waals surface area contributed by atoms with Crippen LogP contribution in [0.1, 0.15) is 6.42 Å². The predicted molar refractivity (Wildman–Crippen MR) is 32.1 cm³/mol. The van der Waals surface area contributed by atoms with Gasteiger partial charge in [-0.2, -0.15) is 0 Å². The summed E-state index contributed by atoms with van der Waals surface area (Å²) in [5.41, 5.74) is 9.44. The van der Waals surface area contributed by atoms with Crippen molar-refractivity contribution >= 4 is 11.8 Å². The van der Waals surface area contributed by atoms with E-state index >= 15 is 0 Å². The fourth-order valence-electron chi connectivity index (χ4n) is 0.291. The second-order valence-electron chi connectivity index (χ2n) is 1.48. The minimum atomic E-state index is -0.573. The van der Waals surface area contributed by atoms with E-state index in [1.165, 1.54) is 6.08 Å². The summed E-state index contributed by atoms with van der Waals surface area (Å²) in [5.74, 6) is -1.05. The number of rotatable bonds is 3. The predicted octanol–water partition coefficient (Wildman–Crippen LogP) is -1.10. The van der Waals surface area contributed by atoms with Crippen molar-refractivity contribution in [2.45, 2.75) is 6.42 Å². The van der Waals surface area contributed by atoms with Gasteiger partial charge >= 0.3 is 0 Å². The Kier molecular flexibility index (Phi) is 3.12. The number of carbonyl (C=O) groups excluding carboxylic acids is 2. The molecule has 0 aliphatic heterocycles. The first kappa shape index (κ1) is 7.68. The molecule has 2 amide bonds. The molecule has 0 saturated carbocycles. The number of amides is 2. The standard InChI is InChI=1S/C5H8N2O2/c6-4(8)2-1-3-5(7)9/h1-2H,3H2,(H2,6,8)(H2,7,9). The second-order valence-corrected chi connectivity index (χ2v) is 1.48. The lowest BCUT2D eigenvalue weighted by Crippen LogP contribution is -2.10. The molecule has 0 aliphatic rings. The van der Waals surface area contributed by atoms with E-state index in [4.69, 9.17) is 11.5 Å². The van der Waals surface area contributed by atoms with E-state index in [2.05, 4.69) is 0 Å². The van der Waals surface area contributed by atoms with E-state index in [1.54, 1.807) is 0 Å². The fraction of sp³-hybridized carbons (Fsp3) is 0.200. The summed E-state index contributed by atoms with van der Waals surface area (Å²) in [6, 6.07) is 0. The van der Waals surface area contributed by atoms with Crippen molar-refractivity contribution in [3.63, 3.8) is 0 Å². The van der Waals surface area contributed by atoms with Crippen molar-refractivity contribution in [2.24, 2.45) is 11.5 Å². The smallest absolute Gasteiger partial charge is 0.241 e. The van der Waals surface area contributed by atoms with Gasteiger partial charge < -0.3 is 11.5 Å². The first-order valence-electron chi connectivity index (χ1n) is 2.37. The van der Waals surface area contributed by atoms with Gasteiger partial charge in [-0.05, 0) is 6.08 Å². The Labute approximate surface area is 52.5 Å². The highest BCUT2D eigenvalue weighted by molar-refractivity contribution is 5.86. The highest BCUT2D eigenvalue weighted by Gasteiger charge is 1.86. The third kappa shape index (κ3) is 6.68. The number of hydrogen-bond donors (Lipinski definition) is 2. The second kappa shape index (κ2) is 3.65. The van der Waals surface area contributed by atoms with E-state index in [-0.39, 0.29) is 6.42 Å². The van der Waals surface area contributed by atoms with Gasteiger partial charge in [0.25, 0.3) is 0 Å². The highest BCUT2D eigenvalue weighted by Crippen LogP contribution is 1.78. The van der Waals surface area contributed by atoms with Crippen molar-refractivity contribution in [3.05, 3.63) is 12.2 Å². The van der Waals surface area contributed by atoms with Gasteiger partial charge in [-0.1, -0.05) is 6.08 Å². The van der Waals surface area contributed by atoms with Crippen LogP contribution in [0.4, 0.5) is 0 Å². The molecule has 4 nitrogen and oxygen atoms in total. The molecule has 0 heterocycles. The van der Waals surface area contributed by atoms with Gasteiger partial charge in [0.05, 0.1) is 0 Å². The summed E-state index contributed by atoms with van der Waals surface area (Å²) in [6.07, 6.45) is 2.48. The summed E-state index contributed by atoms with van der Waals surface area (Å²) in [6.45, 7) is 0. The molecular weight excluding hydrogens is 120 g/mol. The SMILES string of the molecule is NC(=O)C=CCC(N)=O. The van der Waals surface area contributed by atoms with Crippen LogP contribution in [0.2, 0.25) is 0 Å². The van der Waals surface area contributed by atoms with Crippen LogP contribution < -0.4 is 11.5 Å². The zero-order valence-electron chi connectivity index (χ0n) is 4.83. The average molecular weight is 128 g/mol. The first-order valence-corrected chi connectivity index (χ1v) is 2.37. The van der Waals surface area contributed by atoms with Gasteiger partial charge in [0.1, 0.15) is 0 Å². The minimum Gasteiger partial charge on any atom is -0.369 e. The van der Waals surface area contributed by atoms with Crippen LogP contribution in [0, 0.1) is 0 Å². The van der Waals surface area contributed by atoms with Crippen molar-refractivity contribution in [2.75, 3.05) is 0 Å². The number of hydrogen-bond acceptors (Lipinski definition) is 2. The summed E-state index contributed by atoms with van der Waals surface area (Å²) in [7, 11) is 0. The molecule has 4 N–H and O–H groups in total. The topological polar surface area (TPSA) is 86.2 Å². The lowest BCUT2D eigenvalue weighted by atomic mass is 10.3. The molecular formula is C5H8N2O2. The molecule has 0 aromatic rings. The molecule has 0 rings (SSSR count). The van der Waals surface area contributed by atoms with Crippen LogP contribution in [0.3, 0.4) is 0 Å². The minimum absolute atomic E-state index is 0.0585. The normalized spacial score (nSPS) is 9.78. The molecule has 0 saturated heterocycles. The number of nitrogens with two attached hydrogens (primary N) is 2. The maximum Gasteiger partial charge on any atom is 0.241 e. The molecule has 0 spiro atoms. The molecule has 0 bridgehead atoms. The molecule has 0 aliphatic carbocycles. The van der Waals surface area contributed by atoms with E-state index in [0.29, 0.717) is 0 Å². The maximum absolute atomic E-state index is 10.00. The zero-order valence-corrected chi connectivity index (χ0v) is 4.83. The number of carbonyl (C=O) groups is 2. The quantitative estimate of drug-likeness (QED) is 0.473. The summed E-state index contributed by atoms with van der Waals surface area (Å²) in [4.78, 5) is 20.0. The van der Waals surface area contributed by atoms with Crippen LogP contribution in [-0.2, 0) is 9.59 Å². The Morgan fingerprint density at radius 3 is 2.22 bits per heavy atom. The maximum atomic E-state index is 10.00. The van der Waals surface area contributed by atoms with Crippen LogP contribution in [0.15, 0.2) is 12.2 Å². The van der Waals surface area contributed by atoms with Crippen molar-refractivity contribution in [1.82, 2.24) is 0 Å². The molecule has 0 fully saturated rings. The van der Waals surface area contributed by atoms with E-state index < -0.39 is 11.8 Å². The van der Waals surface area contributed by atoms with Crippen LogP contribution in [0.25, 0.3) is 0 Å². The Hall–Kier alpha value is -1.32. The molecule has 50 valence electrons. The lowest BCUT2D eigenvalue weighted by Gasteiger charge is -1.81. The fourth-order valence-corrected chi connectivity index (χ4v) is 0.291. The molecule has 0 atom stereocenters. The summed E-state index contributed by atoms with van der Waals surface area (Å²) < 4.78 is 0. The van der Waals surface area contributed by atoms with E-state index in [0.717, 1.165) is 6.08 Å². The molecule has 9 heavy (non-hydrogen) atoms. The van der Waals surface area contributed by atoms with Crippen LogP contribution >= 0.6 is 0 Å². The summed E-state index contributed by atoms with van der Waals surface area (Å²) in [5, 5.41) is 0. The average Bonchev–Trinajstić information content (AvgIpc) is 1.63. The van der Waals surface area contributed by atoms with Crippen LogP contribution in [0.5, 0.6) is 0 Å². The molecule has 0 aromatic heterocycles. The van der Waals surface area contributed by atoms with Gasteiger partial charge in [0, 0.05) is 6.42 Å². The Bertz CT molecular complexity index is 151. The number of primary amides is 2.